The Hall–Kier alpha value is -3.67. The van der Waals surface area contributed by atoms with Gasteiger partial charge in [0.1, 0.15) is 17.3 Å². The van der Waals surface area contributed by atoms with Crippen LogP contribution in [0.3, 0.4) is 0 Å². The van der Waals surface area contributed by atoms with Crippen molar-refractivity contribution < 1.29 is 14.3 Å². The van der Waals surface area contributed by atoms with Gasteiger partial charge in [-0.25, -0.2) is 4.98 Å². The van der Waals surface area contributed by atoms with Gasteiger partial charge in [0.05, 0.1) is 0 Å². The fourth-order valence-electron chi connectivity index (χ4n) is 4.84. The Bertz CT molecular complexity index is 1320. The van der Waals surface area contributed by atoms with Crippen molar-refractivity contribution in [2.75, 3.05) is 17.3 Å². The molecule has 0 aliphatic heterocycles. The summed E-state index contributed by atoms with van der Waals surface area (Å²) in [6.45, 7) is 6.55. The molecule has 37 heavy (non-hydrogen) atoms. The number of hydrogen-bond donors (Lipinski definition) is 1. The number of ether oxygens (including phenoxy) is 1. The lowest BCUT2D eigenvalue weighted by molar-refractivity contribution is -0.122. The monoisotopic (exact) mass is 497 g/mol. The second-order valence-corrected chi connectivity index (χ2v) is 11.3. The van der Waals surface area contributed by atoms with Crippen LogP contribution < -0.4 is 15.0 Å². The number of fused-ring (bicyclic) bond motifs is 1. The van der Waals surface area contributed by atoms with Crippen LogP contribution in [-0.2, 0) is 27.8 Å². The summed E-state index contributed by atoms with van der Waals surface area (Å²) in [4.78, 5) is 31.6. The Balaban J connectivity index is 1.27. The molecule has 6 nitrogen and oxygen atoms in total. The zero-order valence-corrected chi connectivity index (χ0v) is 22.1. The van der Waals surface area contributed by atoms with E-state index < -0.39 is 0 Å². The molecule has 0 radical (unpaired) electrons. The van der Waals surface area contributed by atoms with E-state index >= 15 is 0 Å². The van der Waals surface area contributed by atoms with E-state index in [-0.39, 0.29) is 29.1 Å². The molecule has 192 valence electrons. The predicted octanol–water partition coefficient (Wildman–Crippen LogP) is 6.29. The molecule has 1 saturated carbocycles. The minimum absolute atomic E-state index is 0.0178. The van der Waals surface area contributed by atoms with E-state index in [9.17, 15) is 9.59 Å². The lowest BCUT2D eigenvalue weighted by atomic mass is 9.83. The van der Waals surface area contributed by atoms with Crippen molar-refractivity contribution in [3.8, 4) is 11.5 Å². The van der Waals surface area contributed by atoms with Crippen molar-refractivity contribution in [1.82, 2.24) is 4.98 Å². The topological polar surface area (TPSA) is 71.5 Å². The fraction of sp³-hybridized carbons (Fsp3) is 0.387. The molecule has 1 fully saturated rings. The maximum Gasteiger partial charge on any atom is 0.230 e. The molecule has 3 aromatic rings. The molecule has 2 aliphatic rings. The molecule has 2 aliphatic carbocycles. The number of rotatable bonds is 6. The Morgan fingerprint density at radius 1 is 0.946 bits per heavy atom. The zero-order chi connectivity index (χ0) is 26.2. The van der Waals surface area contributed by atoms with E-state index in [1.54, 1.807) is 23.2 Å². The minimum Gasteiger partial charge on any atom is -0.457 e. The van der Waals surface area contributed by atoms with E-state index in [1.807, 2.05) is 31.3 Å². The first kappa shape index (κ1) is 25.0. The third-order valence-electron chi connectivity index (χ3n) is 7.35. The van der Waals surface area contributed by atoms with Crippen molar-refractivity contribution in [3.05, 3.63) is 77.5 Å². The number of pyridine rings is 1. The smallest absolute Gasteiger partial charge is 0.230 e. The molecule has 1 atom stereocenters. The molecule has 1 heterocycles. The largest absolute Gasteiger partial charge is 0.457 e. The number of benzene rings is 2. The summed E-state index contributed by atoms with van der Waals surface area (Å²) in [6.07, 6.45) is 5.92. The van der Waals surface area contributed by atoms with Gasteiger partial charge in [-0.2, -0.15) is 0 Å². The average Bonchev–Trinajstić information content (AvgIpc) is 3.73. The Morgan fingerprint density at radius 3 is 2.49 bits per heavy atom. The Labute approximate surface area is 219 Å². The molecular formula is C31H35N3O3. The maximum atomic E-state index is 13.5. The van der Waals surface area contributed by atoms with Crippen LogP contribution in [0.25, 0.3) is 0 Å². The number of nitrogens with one attached hydrogen (secondary N) is 1. The van der Waals surface area contributed by atoms with Crippen molar-refractivity contribution >= 4 is 23.3 Å². The van der Waals surface area contributed by atoms with Gasteiger partial charge in [0.25, 0.3) is 0 Å². The van der Waals surface area contributed by atoms with E-state index in [4.69, 9.17) is 4.74 Å². The van der Waals surface area contributed by atoms with Crippen LogP contribution in [0.15, 0.2) is 60.8 Å². The first-order chi connectivity index (χ1) is 17.7. The Morgan fingerprint density at radius 2 is 1.73 bits per heavy atom. The van der Waals surface area contributed by atoms with Crippen LogP contribution in [0.4, 0.5) is 11.5 Å². The maximum absolute atomic E-state index is 13.5. The number of aromatic nitrogens is 1. The third-order valence-corrected chi connectivity index (χ3v) is 7.35. The van der Waals surface area contributed by atoms with Gasteiger partial charge in [-0.3, -0.25) is 9.59 Å². The summed E-state index contributed by atoms with van der Waals surface area (Å²) in [5.41, 5.74) is 4.59. The molecule has 1 unspecified atom stereocenters. The van der Waals surface area contributed by atoms with Crippen LogP contribution in [0, 0.1) is 11.8 Å². The predicted molar refractivity (Wildman–Crippen MR) is 146 cm³/mol. The highest BCUT2D eigenvalue weighted by molar-refractivity contribution is 5.95. The minimum atomic E-state index is -0.0730. The van der Waals surface area contributed by atoms with Crippen molar-refractivity contribution in [3.63, 3.8) is 0 Å². The summed E-state index contributed by atoms with van der Waals surface area (Å²) in [5, 5.41) is 2.86. The van der Waals surface area contributed by atoms with Gasteiger partial charge in [0.15, 0.2) is 0 Å². The van der Waals surface area contributed by atoms with Gasteiger partial charge >= 0.3 is 0 Å². The summed E-state index contributed by atoms with van der Waals surface area (Å²) in [7, 11) is 1.88. The van der Waals surface area contributed by atoms with Crippen molar-refractivity contribution in [1.29, 1.82) is 0 Å². The zero-order valence-electron chi connectivity index (χ0n) is 22.1. The van der Waals surface area contributed by atoms with Gasteiger partial charge in [-0.05, 0) is 84.5 Å². The van der Waals surface area contributed by atoms with Crippen molar-refractivity contribution in [2.45, 2.75) is 58.3 Å². The molecule has 1 N–H and O–H groups in total. The van der Waals surface area contributed by atoms with Gasteiger partial charge < -0.3 is 15.0 Å². The second kappa shape index (κ2) is 10.0. The molecular weight excluding hydrogens is 462 g/mol. The second-order valence-electron chi connectivity index (χ2n) is 11.3. The normalized spacial score (nSPS) is 17.0. The van der Waals surface area contributed by atoms with E-state index in [1.165, 1.54) is 11.1 Å². The molecule has 6 heteroatoms. The molecule has 2 amide bonds. The van der Waals surface area contributed by atoms with Crippen LogP contribution in [0.1, 0.15) is 56.7 Å². The summed E-state index contributed by atoms with van der Waals surface area (Å²) in [6, 6.07) is 17.9. The summed E-state index contributed by atoms with van der Waals surface area (Å²) < 4.78 is 6.11. The number of aryl methyl sites for hydroxylation is 1. The standard InChI is InChI=1S/C31H35N3O3/c1-31(2,3)24-6-5-7-25(18-24)34(4)30(36)22-11-8-20-12-13-26(17-23(20)16-22)37-27-14-15-32-28(19-27)33-29(35)21-9-10-21/h5-7,12-15,17-19,21-22H,8-11,16H2,1-4H3,(H,32,33,35). The summed E-state index contributed by atoms with van der Waals surface area (Å²) >= 11 is 0. The molecule has 1 aromatic heterocycles. The number of anilines is 2. The highest BCUT2D eigenvalue weighted by atomic mass is 16.5. The van der Waals surface area contributed by atoms with Crippen LogP contribution in [-0.4, -0.2) is 23.8 Å². The van der Waals surface area contributed by atoms with Gasteiger partial charge in [-0.1, -0.05) is 39.0 Å². The molecule has 0 spiro atoms. The number of nitrogens with zero attached hydrogens (tertiary/aromatic N) is 2. The molecule has 2 aromatic carbocycles. The number of hydrogen-bond acceptors (Lipinski definition) is 4. The number of carbonyl (C=O) groups excluding carboxylic acids is 2. The summed E-state index contributed by atoms with van der Waals surface area (Å²) in [5.74, 6) is 2.03. The molecule has 5 rings (SSSR count). The highest BCUT2D eigenvalue weighted by Gasteiger charge is 2.30. The highest BCUT2D eigenvalue weighted by Crippen LogP contribution is 2.34. The number of carbonyl (C=O) groups is 2. The van der Waals surface area contributed by atoms with E-state index in [0.29, 0.717) is 23.7 Å². The van der Waals surface area contributed by atoms with Gasteiger partial charge in [0.2, 0.25) is 11.8 Å². The fourth-order valence-corrected chi connectivity index (χ4v) is 4.84. The lowest BCUT2D eigenvalue weighted by Crippen LogP contribution is -2.36. The van der Waals surface area contributed by atoms with E-state index in [0.717, 1.165) is 36.9 Å². The quantitative estimate of drug-likeness (QED) is 0.435. The van der Waals surface area contributed by atoms with Crippen molar-refractivity contribution in [2.24, 2.45) is 11.8 Å². The van der Waals surface area contributed by atoms with Crippen LogP contribution >= 0.6 is 0 Å². The third kappa shape index (κ3) is 5.85. The van der Waals surface area contributed by atoms with Crippen LogP contribution in [0.2, 0.25) is 0 Å². The molecule has 0 bridgehead atoms. The van der Waals surface area contributed by atoms with E-state index in [2.05, 4.69) is 49.3 Å². The van der Waals surface area contributed by atoms with Gasteiger partial charge in [-0.15, -0.1) is 0 Å². The average molecular weight is 498 g/mol. The Kier molecular flexibility index (Phi) is 6.76. The lowest BCUT2D eigenvalue weighted by Gasteiger charge is -2.29. The van der Waals surface area contributed by atoms with Gasteiger partial charge in [0, 0.05) is 36.8 Å². The first-order valence-corrected chi connectivity index (χ1v) is 13.1. The number of amides is 2. The molecule has 0 saturated heterocycles. The van der Waals surface area contributed by atoms with Crippen LogP contribution in [0.5, 0.6) is 11.5 Å². The first-order valence-electron chi connectivity index (χ1n) is 13.1. The SMILES string of the molecule is CN(C(=O)C1CCc2ccc(Oc3ccnc(NC(=O)C4CC4)c3)cc2C1)c1cccc(C(C)(C)C)c1.